The molecule has 0 bridgehead atoms. The first-order valence-electron chi connectivity index (χ1n) is 5.63. The number of methoxy groups -OCH3 is 1. The van der Waals surface area contributed by atoms with Crippen LogP contribution in [0.5, 0.6) is 0 Å². The summed E-state index contributed by atoms with van der Waals surface area (Å²) in [4.78, 5) is 11.9. The SMILES string of the molecule is COC(=O)C(C)(NC(C)C)c1c(F)cccc1F. The van der Waals surface area contributed by atoms with Crippen molar-refractivity contribution in [3.63, 3.8) is 0 Å². The molecular weight excluding hydrogens is 240 g/mol. The van der Waals surface area contributed by atoms with Gasteiger partial charge in [0.05, 0.1) is 12.7 Å². The Morgan fingerprint density at radius 3 is 2.22 bits per heavy atom. The highest BCUT2D eigenvalue weighted by molar-refractivity contribution is 5.82. The fraction of sp³-hybridized carbons (Fsp3) is 0.462. The van der Waals surface area contributed by atoms with Gasteiger partial charge in [-0.1, -0.05) is 6.07 Å². The number of nitrogens with one attached hydrogen (secondary N) is 1. The molecule has 1 unspecified atom stereocenters. The predicted octanol–water partition coefficient (Wildman–Crippen LogP) is 2.35. The Kier molecular flexibility index (Phi) is 4.40. The minimum atomic E-state index is -1.56. The summed E-state index contributed by atoms with van der Waals surface area (Å²) >= 11 is 0. The molecule has 100 valence electrons. The van der Waals surface area contributed by atoms with E-state index in [4.69, 9.17) is 0 Å². The van der Waals surface area contributed by atoms with E-state index in [-0.39, 0.29) is 11.6 Å². The summed E-state index contributed by atoms with van der Waals surface area (Å²) in [5.74, 6) is -2.30. The van der Waals surface area contributed by atoms with Crippen molar-refractivity contribution in [3.05, 3.63) is 35.4 Å². The van der Waals surface area contributed by atoms with Gasteiger partial charge in [-0.2, -0.15) is 0 Å². The third-order valence-electron chi connectivity index (χ3n) is 2.63. The lowest BCUT2D eigenvalue weighted by atomic mass is 9.90. The van der Waals surface area contributed by atoms with Crippen LogP contribution in [0.2, 0.25) is 0 Å². The van der Waals surface area contributed by atoms with E-state index >= 15 is 0 Å². The highest BCUT2D eigenvalue weighted by atomic mass is 19.1. The largest absolute Gasteiger partial charge is 0.467 e. The normalized spacial score (nSPS) is 14.4. The van der Waals surface area contributed by atoms with Gasteiger partial charge in [0, 0.05) is 6.04 Å². The Balaban J connectivity index is 3.39. The Hall–Kier alpha value is -1.49. The van der Waals surface area contributed by atoms with Crippen molar-refractivity contribution in [1.82, 2.24) is 5.32 Å². The minimum Gasteiger partial charge on any atom is -0.467 e. The molecule has 0 radical (unpaired) electrons. The van der Waals surface area contributed by atoms with E-state index < -0.39 is 23.1 Å². The topological polar surface area (TPSA) is 38.3 Å². The monoisotopic (exact) mass is 257 g/mol. The average molecular weight is 257 g/mol. The summed E-state index contributed by atoms with van der Waals surface area (Å²) in [5, 5.41) is 2.85. The van der Waals surface area contributed by atoms with Crippen molar-refractivity contribution in [2.24, 2.45) is 0 Å². The summed E-state index contributed by atoms with van der Waals surface area (Å²) in [5.41, 5.74) is -1.89. The van der Waals surface area contributed by atoms with Gasteiger partial charge in [-0.3, -0.25) is 5.32 Å². The standard InChI is InChI=1S/C13H17F2NO2/c1-8(2)16-13(3,12(17)18-4)11-9(14)6-5-7-10(11)15/h5-8,16H,1-4H3. The van der Waals surface area contributed by atoms with Crippen LogP contribution in [0.25, 0.3) is 0 Å². The molecule has 1 rings (SSSR count). The number of esters is 1. The van der Waals surface area contributed by atoms with E-state index in [1.807, 2.05) is 0 Å². The van der Waals surface area contributed by atoms with Crippen LogP contribution in [0.15, 0.2) is 18.2 Å². The molecule has 18 heavy (non-hydrogen) atoms. The van der Waals surface area contributed by atoms with Crippen molar-refractivity contribution < 1.29 is 18.3 Å². The van der Waals surface area contributed by atoms with E-state index in [9.17, 15) is 13.6 Å². The molecule has 0 heterocycles. The van der Waals surface area contributed by atoms with Gasteiger partial charge in [0.2, 0.25) is 0 Å². The molecule has 0 aromatic heterocycles. The maximum Gasteiger partial charge on any atom is 0.330 e. The van der Waals surface area contributed by atoms with Gasteiger partial charge in [-0.25, -0.2) is 13.6 Å². The second-order valence-corrected chi connectivity index (χ2v) is 4.51. The molecule has 0 amide bonds. The Morgan fingerprint density at radius 2 is 1.83 bits per heavy atom. The molecule has 0 aliphatic carbocycles. The van der Waals surface area contributed by atoms with Gasteiger partial charge in [-0.05, 0) is 32.9 Å². The van der Waals surface area contributed by atoms with E-state index in [0.29, 0.717) is 0 Å². The zero-order chi connectivity index (χ0) is 13.9. The Bertz CT molecular complexity index is 428. The van der Waals surface area contributed by atoms with Crippen LogP contribution < -0.4 is 5.32 Å². The summed E-state index contributed by atoms with van der Waals surface area (Å²) < 4.78 is 32.3. The van der Waals surface area contributed by atoms with Crippen LogP contribution in [0, 0.1) is 11.6 Å². The third kappa shape index (κ3) is 2.67. The lowest BCUT2D eigenvalue weighted by Gasteiger charge is -2.31. The average Bonchev–Trinajstić information content (AvgIpc) is 2.26. The van der Waals surface area contributed by atoms with E-state index in [2.05, 4.69) is 10.1 Å². The second-order valence-electron chi connectivity index (χ2n) is 4.51. The molecule has 0 aliphatic rings. The lowest BCUT2D eigenvalue weighted by Crippen LogP contribution is -2.51. The zero-order valence-electron chi connectivity index (χ0n) is 10.9. The van der Waals surface area contributed by atoms with Crippen molar-refractivity contribution in [3.8, 4) is 0 Å². The highest BCUT2D eigenvalue weighted by Crippen LogP contribution is 2.28. The molecule has 1 N–H and O–H groups in total. The Morgan fingerprint density at radius 1 is 1.33 bits per heavy atom. The number of rotatable bonds is 4. The molecule has 0 spiro atoms. The molecule has 0 fully saturated rings. The number of benzene rings is 1. The van der Waals surface area contributed by atoms with Crippen LogP contribution in [0.4, 0.5) is 8.78 Å². The quantitative estimate of drug-likeness (QED) is 0.841. The molecule has 0 aliphatic heterocycles. The van der Waals surface area contributed by atoms with Crippen LogP contribution in [0.1, 0.15) is 26.3 Å². The number of hydrogen-bond acceptors (Lipinski definition) is 3. The molecule has 1 atom stereocenters. The van der Waals surface area contributed by atoms with Gasteiger partial charge in [-0.15, -0.1) is 0 Å². The van der Waals surface area contributed by atoms with Crippen LogP contribution in [-0.2, 0) is 15.1 Å². The van der Waals surface area contributed by atoms with Crippen molar-refractivity contribution in [2.45, 2.75) is 32.4 Å². The van der Waals surface area contributed by atoms with E-state index in [0.717, 1.165) is 12.1 Å². The fourth-order valence-corrected chi connectivity index (χ4v) is 1.99. The van der Waals surface area contributed by atoms with E-state index in [1.54, 1.807) is 13.8 Å². The summed E-state index contributed by atoms with van der Waals surface area (Å²) in [7, 11) is 1.18. The molecule has 0 saturated carbocycles. The second kappa shape index (κ2) is 5.44. The first kappa shape index (κ1) is 14.6. The molecule has 1 aromatic carbocycles. The van der Waals surface area contributed by atoms with Crippen LogP contribution in [-0.4, -0.2) is 19.1 Å². The number of hydrogen-bond donors (Lipinski definition) is 1. The van der Waals surface area contributed by atoms with Crippen molar-refractivity contribution in [1.29, 1.82) is 0 Å². The first-order chi connectivity index (χ1) is 8.32. The van der Waals surface area contributed by atoms with Crippen LogP contribution in [0.3, 0.4) is 0 Å². The number of carbonyl (C=O) groups is 1. The molecule has 5 heteroatoms. The Labute approximate surface area is 105 Å². The molecular formula is C13H17F2NO2. The van der Waals surface area contributed by atoms with Crippen LogP contribution >= 0.6 is 0 Å². The van der Waals surface area contributed by atoms with E-state index in [1.165, 1.54) is 20.1 Å². The maximum atomic E-state index is 13.8. The molecule has 3 nitrogen and oxygen atoms in total. The molecule has 0 saturated heterocycles. The number of carbonyl (C=O) groups excluding carboxylic acids is 1. The van der Waals surface area contributed by atoms with Gasteiger partial charge >= 0.3 is 5.97 Å². The number of halogens is 2. The highest BCUT2D eigenvalue weighted by Gasteiger charge is 2.41. The van der Waals surface area contributed by atoms with Crippen molar-refractivity contribution >= 4 is 5.97 Å². The third-order valence-corrected chi connectivity index (χ3v) is 2.63. The summed E-state index contributed by atoms with van der Waals surface area (Å²) in [6.07, 6.45) is 0. The summed E-state index contributed by atoms with van der Waals surface area (Å²) in [6, 6.07) is 3.33. The summed E-state index contributed by atoms with van der Waals surface area (Å²) in [6.45, 7) is 4.96. The van der Waals surface area contributed by atoms with Crippen molar-refractivity contribution in [2.75, 3.05) is 7.11 Å². The predicted molar refractivity (Wildman–Crippen MR) is 64.0 cm³/mol. The molecule has 1 aromatic rings. The van der Waals surface area contributed by atoms with Gasteiger partial charge in [0.1, 0.15) is 17.2 Å². The minimum absolute atomic E-state index is 0.145. The first-order valence-corrected chi connectivity index (χ1v) is 5.63. The van der Waals surface area contributed by atoms with Gasteiger partial charge in [0.25, 0.3) is 0 Å². The van der Waals surface area contributed by atoms with Gasteiger partial charge < -0.3 is 4.74 Å². The lowest BCUT2D eigenvalue weighted by molar-refractivity contribution is -0.149. The smallest absolute Gasteiger partial charge is 0.330 e. The number of ether oxygens (including phenoxy) is 1. The van der Waals surface area contributed by atoms with Gasteiger partial charge in [0.15, 0.2) is 0 Å². The maximum absolute atomic E-state index is 13.8. The zero-order valence-corrected chi connectivity index (χ0v) is 10.9. The fourth-order valence-electron chi connectivity index (χ4n) is 1.99.